The predicted octanol–water partition coefficient (Wildman–Crippen LogP) is 0.797. The average molecular weight is 254 g/mol. The second-order valence-corrected chi connectivity index (χ2v) is 3.18. The smallest absolute Gasteiger partial charge is 0.357 e. The van der Waals surface area contributed by atoms with Crippen LogP contribution in [-0.2, 0) is 14.4 Å². The molecule has 0 unspecified atom stereocenters. The molecule has 0 spiro atoms. The van der Waals surface area contributed by atoms with Crippen LogP contribution in [0.1, 0.15) is 17.4 Å². The van der Waals surface area contributed by atoms with E-state index in [1.165, 1.54) is 26.5 Å². The van der Waals surface area contributed by atoms with Crippen LogP contribution in [0.4, 0.5) is 0 Å². The van der Waals surface area contributed by atoms with Crippen molar-refractivity contribution in [1.82, 2.24) is 10.2 Å². The molecule has 0 radical (unpaired) electrons. The van der Waals surface area contributed by atoms with Crippen molar-refractivity contribution in [2.45, 2.75) is 6.92 Å². The van der Waals surface area contributed by atoms with Gasteiger partial charge in [0.2, 0.25) is 5.78 Å². The Labute approximate surface area is 104 Å². The van der Waals surface area contributed by atoms with E-state index in [2.05, 4.69) is 9.68 Å². The molecular formula is C11H14N2O5. The van der Waals surface area contributed by atoms with E-state index in [1.54, 1.807) is 6.92 Å². The van der Waals surface area contributed by atoms with Crippen molar-refractivity contribution in [1.29, 1.82) is 0 Å². The first-order valence-corrected chi connectivity index (χ1v) is 5.21. The SMILES string of the molecule is CCOC(=O)C(=CC(=O)c1ccon1)N(C)OC. The third-order valence-corrected chi connectivity index (χ3v) is 2.06. The van der Waals surface area contributed by atoms with Gasteiger partial charge in [-0.1, -0.05) is 5.16 Å². The summed E-state index contributed by atoms with van der Waals surface area (Å²) in [5.74, 6) is -1.13. The minimum Gasteiger partial charge on any atom is -0.461 e. The topological polar surface area (TPSA) is 81.9 Å². The molecule has 0 aliphatic carbocycles. The second-order valence-electron chi connectivity index (χ2n) is 3.18. The highest BCUT2D eigenvalue weighted by molar-refractivity contribution is 6.07. The molecule has 0 saturated heterocycles. The average Bonchev–Trinajstić information content (AvgIpc) is 2.88. The first kappa shape index (κ1) is 13.9. The third-order valence-electron chi connectivity index (χ3n) is 2.06. The number of hydrogen-bond acceptors (Lipinski definition) is 7. The fourth-order valence-corrected chi connectivity index (χ4v) is 1.12. The van der Waals surface area contributed by atoms with Gasteiger partial charge in [-0.3, -0.25) is 14.7 Å². The van der Waals surface area contributed by atoms with Crippen molar-refractivity contribution < 1.29 is 23.7 Å². The summed E-state index contributed by atoms with van der Waals surface area (Å²) in [7, 11) is 2.85. The van der Waals surface area contributed by atoms with Crippen LogP contribution in [0.3, 0.4) is 0 Å². The van der Waals surface area contributed by atoms with Gasteiger partial charge in [0.1, 0.15) is 6.26 Å². The van der Waals surface area contributed by atoms with Gasteiger partial charge in [-0.25, -0.2) is 4.79 Å². The molecule has 7 nitrogen and oxygen atoms in total. The van der Waals surface area contributed by atoms with E-state index >= 15 is 0 Å². The lowest BCUT2D eigenvalue weighted by Gasteiger charge is -2.17. The fourth-order valence-electron chi connectivity index (χ4n) is 1.12. The normalized spacial score (nSPS) is 11.2. The Hall–Kier alpha value is -2.15. The largest absolute Gasteiger partial charge is 0.461 e. The summed E-state index contributed by atoms with van der Waals surface area (Å²) in [4.78, 5) is 28.3. The quantitative estimate of drug-likeness (QED) is 0.321. The molecule has 7 heteroatoms. The van der Waals surface area contributed by atoms with Gasteiger partial charge in [0.15, 0.2) is 11.4 Å². The molecule has 0 aromatic carbocycles. The van der Waals surface area contributed by atoms with Crippen molar-refractivity contribution in [2.75, 3.05) is 20.8 Å². The highest BCUT2D eigenvalue weighted by Crippen LogP contribution is 2.07. The van der Waals surface area contributed by atoms with E-state index in [0.29, 0.717) is 0 Å². The molecule has 0 atom stereocenters. The Morgan fingerprint density at radius 2 is 2.28 bits per heavy atom. The van der Waals surface area contributed by atoms with Gasteiger partial charge in [-0.15, -0.1) is 0 Å². The van der Waals surface area contributed by atoms with Crippen molar-refractivity contribution in [3.8, 4) is 0 Å². The Morgan fingerprint density at radius 1 is 1.56 bits per heavy atom. The summed E-state index contributed by atoms with van der Waals surface area (Å²) in [5.41, 5.74) is 0.0775. The Kier molecular flexibility index (Phi) is 5.06. The molecule has 0 saturated carbocycles. The lowest BCUT2D eigenvalue weighted by molar-refractivity contribution is -0.149. The molecule has 1 rings (SSSR count). The number of likely N-dealkylation sites (N-methyl/N-ethyl adjacent to an activating group) is 1. The summed E-state index contributed by atoms with van der Waals surface area (Å²) >= 11 is 0. The number of ether oxygens (including phenoxy) is 1. The molecule has 0 bridgehead atoms. The zero-order valence-corrected chi connectivity index (χ0v) is 10.4. The summed E-state index contributed by atoms with van der Waals surface area (Å²) in [5, 5.41) is 4.61. The van der Waals surface area contributed by atoms with Gasteiger partial charge in [-0.05, 0) is 6.92 Å². The maximum Gasteiger partial charge on any atom is 0.357 e. The van der Waals surface area contributed by atoms with Crippen molar-refractivity contribution in [2.24, 2.45) is 0 Å². The molecule has 0 aliphatic rings. The number of esters is 1. The maximum absolute atomic E-state index is 11.8. The number of rotatable bonds is 6. The summed E-state index contributed by atoms with van der Waals surface area (Å²) in [6, 6.07) is 1.40. The molecule has 1 aromatic rings. The van der Waals surface area contributed by atoms with Crippen LogP contribution in [0.25, 0.3) is 0 Å². The standard InChI is InChI=1S/C11H14N2O5/c1-4-17-11(15)9(13(2)16-3)7-10(14)8-5-6-18-12-8/h5-7H,4H2,1-3H3. The van der Waals surface area contributed by atoms with Crippen LogP contribution in [0.15, 0.2) is 28.6 Å². The van der Waals surface area contributed by atoms with Gasteiger partial charge in [0.25, 0.3) is 0 Å². The van der Waals surface area contributed by atoms with E-state index in [9.17, 15) is 9.59 Å². The van der Waals surface area contributed by atoms with Gasteiger partial charge >= 0.3 is 5.97 Å². The predicted molar refractivity (Wildman–Crippen MR) is 60.3 cm³/mol. The first-order chi connectivity index (χ1) is 8.60. The lowest BCUT2D eigenvalue weighted by Crippen LogP contribution is -2.25. The Bertz CT molecular complexity index is 438. The summed E-state index contributed by atoms with van der Waals surface area (Å²) in [6.07, 6.45) is 2.35. The number of hydrogen-bond donors (Lipinski definition) is 0. The maximum atomic E-state index is 11.8. The molecule has 0 N–H and O–H groups in total. The molecule has 0 fully saturated rings. The monoisotopic (exact) mass is 254 g/mol. The lowest BCUT2D eigenvalue weighted by atomic mass is 10.2. The minimum atomic E-state index is -0.654. The second kappa shape index (κ2) is 6.55. The number of carbonyl (C=O) groups is 2. The van der Waals surface area contributed by atoms with Gasteiger partial charge in [0.05, 0.1) is 13.7 Å². The van der Waals surface area contributed by atoms with Gasteiger partial charge in [-0.2, -0.15) is 0 Å². The number of carbonyl (C=O) groups excluding carboxylic acids is 2. The molecule has 1 heterocycles. The molecule has 98 valence electrons. The highest BCUT2D eigenvalue weighted by Gasteiger charge is 2.19. The van der Waals surface area contributed by atoms with E-state index < -0.39 is 11.8 Å². The summed E-state index contributed by atoms with van der Waals surface area (Å²) < 4.78 is 9.37. The third kappa shape index (κ3) is 3.42. The highest BCUT2D eigenvalue weighted by atomic mass is 16.7. The Morgan fingerprint density at radius 3 is 2.78 bits per heavy atom. The van der Waals surface area contributed by atoms with Crippen LogP contribution < -0.4 is 0 Å². The van der Waals surface area contributed by atoms with E-state index in [1.807, 2.05) is 0 Å². The van der Waals surface area contributed by atoms with E-state index in [0.717, 1.165) is 11.1 Å². The van der Waals surface area contributed by atoms with E-state index in [-0.39, 0.29) is 18.0 Å². The van der Waals surface area contributed by atoms with Crippen LogP contribution in [0, 0.1) is 0 Å². The number of allylic oxidation sites excluding steroid dienone is 1. The fraction of sp³-hybridized carbons (Fsp3) is 0.364. The van der Waals surface area contributed by atoms with Gasteiger partial charge < -0.3 is 9.26 Å². The number of aromatic nitrogens is 1. The first-order valence-electron chi connectivity index (χ1n) is 5.21. The minimum absolute atomic E-state index is 0.0210. The number of hydroxylamine groups is 2. The van der Waals surface area contributed by atoms with Crippen LogP contribution >= 0.6 is 0 Å². The van der Waals surface area contributed by atoms with Crippen LogP contribution in [-0.4, -0.2) is 42.7 Å². The molecule has 0 amide bonds. The molecule has 0 aliphatic heterocycles. The van der Waals surface area contributed by atoms with Crippen LogP contribution in [0.5, 0.6) is 0 Å². The van der Waals surface area contributed by atoms with Crippen molar-refractivity contribution >= 4 is 11.8 Å². The van der Waals surface area contributed by atoms with Crippen LogP contribution in [0.2, 0.25) is 0 Å². The van der Waals surface area contributed by atoms with Crippen molar-refractivity contribution in [3.63, 3.8) is 0 Å². The zero-order chi connectivity index (χ0) is 13.5. The van der Waals surface area contributed by atoms with Crippen molar-refractivity contribution in [3.05, 3.63) is 29.8 Å². The molecule has 1 aromatic heterocycles. The Balaban J connectivity index is 2.95. The van der Waals surface area contributed by atoms with Gasteiger partial charge in [0, 0.05) is 19.2 Å². The summed E-state index contributed by atoms with van der Waals surface area (Å²) in [6.45, 7) is 1.87. The molecular weight excluding hydrogens is 240 g/mol. The number of nitrogens with zero attached hydrogens (tertiary/aromatic N) is 2. The van der Waals surface area contributed by atoms with E-state index in [4.69, 9.17) is 9.57 Å². The molecule has 18 heavy (non-hydrogen) atoms. The number of ketones is 1. The zero-order valence-electron chi connectivity index (χ0n) is 10.4.